The molecule has 5 rings (SSSR count). The highest BCUT2D eigenvalue weighted by atomic mass is 32.2. The summed E-state index contributed by atoms with van der Waals surface area (Å²) in [6.07, 6.45) is 8.57. The second kappa shape index (κ2) is 6.82. The number of nitrogens with one attached hydrogen (secondary N) is 2. The van der Waals surface area contributed by atoms with E-state index in [1.54, 1.807) is 42.8 Å². The van der Waals surface area contributed by atoms with Crippen LogP contribution in [0, 0.1) is 0 Å². The molecule has 1 atom stereocenters. The van der Waals surface area contributed by atoms with E-state index in [0.29, 0.717) is 11.4 Å². The lowest BCUT2D eigenvalue weighted by atomic mass is 10.1. The number of allylic oxidation sites excluding steroid dienone is 2. The molecular weight excluding hydrogens is 414 g/mol. The van der Waals surface area contributed by atoms with Crippen molar-refractivity contribution < 1.29 is 8.42 Å². The molecule has 2 aromatic heterocycles. The van der Waals surface area contributed by atoms with Gasteiger partial charge in [0.05, 0.1) is 39.0 Å². The molecule has 3 heterocycles. The first-order valence-corrected chi connectivity index (χ1v) is 11.4. The van der Waals surface area contributed by atoms with Gasteiger partial charge in [-0.25, -0.2) is 22.5 Å². The minimum Gasteiger partial charge on any atom is -0.280 e. The molecule has 140 valence electrons. The normalized spacial score (nSPS) is 18.6. The van der Waals surface area contributed by atoms with E-state index in [0.717, 1.165) is 32.9 Å². The largest absolute Gasteiger partial charge is 0.280 e. The maximum atomic E-state index is 12.9. The van der Waals surface area contributed by atoms with Crippen LogP contribution in [-0.4, -0.2) is 30.1 Å². The van der Waals surface area contributed by atoms with Gasteiger partial charge in [0, 0.05) is 23.6 Å². The number of hydrogen-bond acceptors (Lipinski definition) is 8. The van der Waals surface area contributed by atoms with E-state index in [2.05, 4.69) is 23.8 Å². The summed E-state index contributed by atoms with van der Waals surface area (Å²) < 4.78 is 36.8. The number of aromatic nitrogens is 2. The number of thiazole rings is 1. The third-order valence-corrected chi connectivity index (χ3v) is 7.49. The summed E-state index contributed by atoms with van der Waals surface area (Å²) >= 11 is 2.67. The number of pyridine rings is 1. The highest BCUT2D eigenvalue weighted by Crippen LogP contribution is 2.32. The number of rotatable bonds is 4. The van der Waals surface area contributed by atoms with Gasteiger partial charge >= 0.3 is 0 Å². The van der Waals surface area contributed by atoms with Gasteiger partial charge in [-0.2, -0.15) is 0 Å². The minimum absolute atomic E-state index is 0.246. The predicted octanol–water partition coefficient (Wildman–Crippen LogP) is 3.53. The molecule has 0 fully saturated rings. The molecule has 28 heavy (non-hydrogen) atoms. The molecule has 0 spiro atoms. The first kappa shape index (κ1) is 17.6. The first-order valence-electron chi connectivity index (χ1n) is 8.32. The average molecular weight is 428 g/mol. The van der Waals surface area contributed by atoms with E-state index >= 15 is 0 Å². The van der Waals surface area contributed by atoms with Gasteiger partial charge in [0.15, 0.2) is 0 Å². The zero-order chi connectivity index (χ0) is 19.1. The van der Waals surface area contributed by atoms with Crippen LogP contribution >= 0.6 is 23.5 Å². The molecule has 10 heteroatoms. The summed E-state index contributed by atoms with van der Waals surface area (Å²) in [5.41, 5.74) is 2.90. The molecule has 1 aliphatic carbocycles. The highest BCUT2D eigenvalue weighted by Gasteiger charge is 2.33. The van der Waals surface area contributed by atoms with Crippen LogP contribution < -0.4 is 9.44 Å². The lowest BCUT2D eigenvalue weighted by molar-refractivity contribution is 0.604. The van der Waals surface area contributed by atoms with Crippen LogP contribution in [0.2, 0.25) is 0 Å². The van der Waals surface area contributed by atoms with Gasteiger partial charge in [-0.05, 0) is 30.4 Å². The Kier molecular flexibility index (Phi) is 4.27. The van der Waals surface area contributed by atoms with E-state index < -0.39 is 16.1 Å². The van der Waals surface area contributed by atoms with Crippen LogP contribution in [-0.2, 0) is 10.0 Å². The lowest BCUT2D eigenvalue weighted by Gasteiger charge is -2.19. The van der Waals surface area contributed by atoms with E-state index in [4.69, 9.17) is 0 Å². The number of anilines is 1. The van der Waals surface area contributed by atoms with Crippen molar-refractivity contribution in [3.05, 3.63) is 65.9 Å². The van der Waals surface area contributed by atoms with Crippen LogP contribution in [0.15, 0.2) is 70.3 Å². The van der Waals surface area contributed by atoms with Gasteiger partial charge in [0.2, 0.25) is 0 Å². The number of hydrogen-bond donors (Lipinski definition) is 2. The van der Waals surface area contributed by atoms with Crippen molar-refractivity contribution >= 4 is 55.1 Å². The summed E-state index contributed by atoms with van der Waals surface area (Å²) in [6.45, 7) is 0. The smallest absolute Gasteiger partial charge is 0.260 e. The molecule has 0 amide bonds. The molecule has 0 radical (unpaired) electrons. The Morgan fingerprint density at radius 2 is 2.14 bits per heavy atom. The summed E-state index contributed by atoms with van der Waals surface area (Å²) in [6, 6.07) is 8.65. The maximum Gasteiger partial charge on any atom is 0.260 e. The van der Waals surface area contributed by atoms with Crippen LogP contribution in [0.25, 0.3) is 20.8 Å². The summed E-state index contributed by atoms with van der Waals surface area (Å²) in [5, 5.41) is 0.812. The Morgan fingerprint density at radius 3 is 3.04 bits per heavy atom. The zero-order valence-electron chi connectivity index (χ0n) is 14.2. The fourth-order valence-corrected chi connectivity index (χ4v) is 5.97. The second-order valence-corrected chi connectivity index (χ2v) is 9.45. The third kappa shape index (κ3) is 3.14. The zero-order valence-corrected chi connectivity index (χ0v) is 16.7. The van der Waals surface area contributed by atoms with Crippen molar-refractivity contribution in [2.45, 2.75) is 6.04 Å². The third-order valence-electron chi connectivity index (χ3n) is 4.29. The number of benzene rings is 1. The molecule has 0 saturated carbocycles. The molecule has 2 N–H and O–H groups in total. The van der Waals surface area contributed by atoms with Crippen LogP contribution in [0.1, 0.15) is 0 Å². The number of sulfonamides is 1. The van der Waals surface area contributed by atoms with E-state index in [1.165, 1.54) is 11.3 Å². The molecule has 0 saturated heterocycles. The van der Waals surface area contributed by atoms with Gasteiger partial charge < -0.3 is 0 Å². The van der Waals surface area contributed by atoms with Crippen molar-refractivity contribution in [1.82, 2.24) is 14.7 Å². The fraction of sp³-hybridized carbons (Fsp3) is 0.0556. The number of nitrogens with zero attached hydrogens (tertiary/aromatic N) is 3. The lowest BCUT2D eigenvalue weighted by Crippen LogP contribution is -2.35. The standard InChI is InChI=1S/C18H13N5O2S3/c24-28(25,16-6-2-5-14-17(16)22-27-21-14)23-12-4-1-3-11(9-12)18-20-13-7-8-19-10-15(13)26-18/h1-10,17,22-23H. The van der Waals surface area contributed by atoms with Crippen LogP contribution in [0.3, 0.4) is 0 Å². The van der Waals surface area contributed by atoms with Gasteiger partial charge in [-0.15, -0.1) is 11.3 Å². The fourth-order valence-electron chi connectivity index (χ4n) is 2.99. The molecule has 1 unspecified atom stereocenters. The summed E-state index contributed by atoms with van der Waals surface area (Å²) in [4.78, 5) is 8.97. The average Bonchev–Trinajstić information content (AvgIpc) is 3.34. The Labute approximate surface area is 169 Å². The van der Waals surface area contributed by atoms with Crippen molar-refractivity contribution in [1.29, 1.82) is 0 Å². The van der Waals surface area contributed by atoms with Crippen molar-refractivity contribution in [2.75, 3.05) is 4.72 Å². The van der Waals surface area contributed by atoms with Gasteiger partial charge in [0.25, 0.3) is 10.0 Å². The first-order chi connectivity index (χ1) is 13.6. The van der Waals surface area contributed by atoms with Crippen LogP contribution in [0.4, 0.5) is 5.69 Å². The summed E-state index contributed by atoms with van der Waals surface area (Å²) in [5.74, 6) is 0. The van der Waals surface area contributed by atoms with Gasteiger partial charge in [-0.1, -0.05) is 18.2 Å². The Hall–Kier alpha value is -2.53. The SMILES string of the molecule is O=S(=O)(Nc1cccc(-c2nc3ccncc3s2)c1)C1=CC=CC2=NSNC12. The highest BCUT2D eigenvalue weighted by molar-refractivity contribution is 7.97. The Morgan fingerprint density at radius 1 is 1.21 bits per heavy atom. The van der Waals surface area contributed by atoms with Crippen LogP contribution in [0.5, 0.6) is 0 Å². The van der Waals surface area contributed by atoms with E-state index in [1.807, 2.05) is 18.2 Å². The minimum atomic E-state index is -3.74. The molecule has 7 nitrogen and oxygen atoms in total. The van der Waals surface area contributed by atoms with Crippen molar-refractivity contribution in [3.8, 4) is 10.6 Å². The van der Waals surface area contributed by atoms with Gasteiger partial charge in [0.1, 0.15) is 5.01 Å². The molecular formula is C18H13N5O2S3. The van der Waals surface area contributed by atoms with E-state index in [-0.39, 0.29) is 4.91 Å². The predicted molar refractivity (Wildman–Crippen MR) is 115 cm³/mol. The number of fused-ring (bicyclic) bond motifs is 2. The Bertz CT molecular complexity index is 1240. The van der Waals surface area contributed by atoms with Crippen molar-refractivity contribution in [3.63, 3.8) is 0 Å². The Balaban J connectivity index is 1.46. The molecule has 0 bridgehead atoms. The molecule has 2 aliphatic rings. The van der Waals surface area contributed by atoms with Crippen molar-refractivity contribution in [2.24, 2.45) is 4.40 Å². The second-order valence-electron chi connectivity index (χ2n) is 6.14. The molecule has 1 aromatic carbocycles. The summed E-state index contributed by atoms with van der Waals surface area (Å²) in [7, 11) is -3.74. The monoisotopic (exact) mass is 427 g/mol. The van der Waals surface area contributed by atoms with E-state index in [9.17, 15) is 8.42 Å². The topological polar surface area (TPSA) is 96.3 Å². The molecule has 3 aromatic rings. The van der Waals surface area contributed by atoms with Gasteiger partial charge in [-0.3, -0.25) is 9.71 Å². The maximum absolute atomic E-state index is 12.9. The quantitative estimate of drug-likeness (QED) is 0.619. The molecule has 1 aliphatic heterocycles.